The van der Waals surface area contributed by atoms with Crippen LogP contribution in [0, 0.1) is 11.3 Å². The van der Waals surface area contributed by atoms with Crippen LogP contribution in [0.1, 0.15) is 27.8 Å². The Hall–Kier alpha value is -7.74. The summed E-state index contributed by atoms with van der Waals surface area (Å²) in [4.78, 5) is 14.9. The molecule has 0 aliphatic heterocycles. The summed E-state index contributed by atoms with van der Waals surface area (Å²) in [6.45, 7) is 0. The van der Waals surface area contributed by atoms with Gasteiger partial charge in [0.2, 0.25) is 0 Å². The summed E-state index contributed by atoms with van der Waals surface area (Å²) in [6.07, 6.45) is 3.67. The lowest BCUT2D eigenvalue weighted by molar-refractivity contribution is 0.775. The van der Waals surface area contributed by atoms with Crippen molar-refractivity contribution in [1.29, 1.82) is 5.26 Å². The maximum Gasteiger partial charge on any atom is 0.160 e. The number of rotatable bonds is 4. The molecule has 57 heavy (non-hydrogen) atoms. The van der Waals surface area contributed by atoms with Crippen LogP contribution in [-0.2, 0) is 5.41 Å². The number of pyridine rings is 1. The molecule has 2 aliphatic rings. The van der Waals surface area contributed by atoms with Gasteiger partial charge in [-0.2, -0.15) is 5.26 Å². The van der Waals surface area contributed by atoms with E-state index in [4.69, 9.17) is 9.97 Å². The van der Waals surface area contributed by atoms with Gasteiger partial charge in [0.05, 0.1) is 28.4 Å². The zero-order valence-corrected chi connectivity index (χ0v) is 30.8. The largest absolute Gasteiger partial charge is 0.264 e. The molecule has 0 N–H and O–H groups in total. The van der Waals surface area contributed by atoms with Crippen molar-refractivity contribution in [2.75, 3.05) is 0 Å². The summed E-state index contributed by atoms with van der Waals surface area (Å²) in [5, 5.41) is 9.56. The molecule has 0 amide bonds. The molecule has 0 fully saturated rings. The maximum atomic E-state index is 9.56. The minimum absolute atomic E-state index is 0.605. The number of nitriles is 1. The van der Waals surface area contributed by atoms with Gasteiger partial charge in [-0.1, -0.05) is 152 Å². The van der Waals surface area contributed by atoms with E-state index in [2.05, 4.69) is 157 Å². The third-order valence-electron chi connectivity index (χ3n) is 11.7. The quantitative estimate of drug-likeness (QED) is 0.181. The fraction of sp³-hybridized carbons (Fsp3) is 0.0189. The highest BCUT2D eigenvalue weighted by molar-refractivity contribution is 5.97. The first kappa shape index (κ1) is 32.7. The summed E-state index contributed by atoms with van der Waals surface area (Å²) in [5.74, 6) is 0.631. The molecular formula is C53H32N4. The molecule has 0 unspecified atom stereocenters. The van der Waals surface area contributed by atoms with Crippen LogP contribution in [0.2, 0.25) is 0 Å². The van der Waals surface area contributed by atoms with Crippen molar-refractivity contribution in [3.05, 3.63) is 222 Å². The second-order valence-corrected chi connectivity index (χ2v) is 14.7. The first-order chi connectivity index (χ1) is 28.2. The lowest BCUT2D eigenvalue weighted by Gasteiger charge is -2.35. The van der Waals surface area contributed by atoms with E-state index in [1.54, 1.807) is 6.20 Å². The average molecular weight is 725 g/mol. The molecule has 4 nitrogen and oxygen atoms in total. The van der Waals surface area contributed by atoms with E-state index in [1.807, 2.05) is 42.6 Å². The zero-order valence-electron chi connectivity index (χ0n) is 30.8. The first-order valence-corrected chi connectivity index (χ1v) is 19.1. The predicted octanol–water partition coefficient (Wildman–Crippen LogP) is 12.4. The molecule has 4 heteroatoms. The molecule has 264 valence electrons. The van der Waals surface area contributed by atoms with Crippen LogP contribution < -0.4 is 0 Å². The van der Waals surface area contributed by atoms with Gasteiger partial charge in [-0.15, -0.1) is 0 Å². The van der Waals surface area contributed by atoms with Gasteiger partial charge in [-0.25, -0.2) is 9.97 Å². The molecule has 9 aromatic rings. The first-order valence-electron chi connectivity index (χ1n) is 19.1. The highest BCUT2D eigenvalue weighted by Crippen LogP contribution is 2.61. The molecule has 2 aromatic heterocycles. The van der Waals surface area contributed by atoms with Gasteiger partial charge < -0.3 is 0 Å². The van der Waals surface area contributed by atoms with E-state index in [0.29, 0.717) is 11.4 Å². The number of hydrogen-bond donors (Lipinski definition) is 0. The van der Waals surface area contributed by atoms with Crippen molar-refractivity contribution >= 4 is 0 Å². The van der Waals surface area contributed by atoms with Crippen molar-refractivity contribution < 1.29 is 0 Å². The average Bonchev–Trinajstić information content (AvgIpc) is 3.54. The Balaban J connectivity index is 1.18. The minimum atomic E-state index is -0.607. The van der Waals surface area contributed by atoms with Gasteiger partial charge in [0, 0.05) is 29.1 Å². The van der Waals surface area contributed by atoms with Crippen LogP contribution in [0.15, 0.2) is 194 Å². The number of aromatic nitrogens is 3. The summed E-state index contributed by atoms with van der Waals surface area (Å²) in [7, 11) is 0. The Morgan fingerprint density at radius 1 is 0.386 bits per heavy atom. The van der Waals surface area contributed by atoms with Crippen molar-refractivity contribution in [3.63, 3.8) is 0 Å². The van der Waals surface area contributed by atoms with Crippen LogP contribution in [0.5, 0.6) is 0 Å². The number of nitrogens with zero attached hydrogens (tertiary/aromatic N) is 4. The van der Waals surface area contributed by atoms with Gasteiger partial charge in [0.1, 0.15) is 0 Å². The molecule has 0 saturated heterocycles. The van der Waals surface area contributed by atoms with Crippen molar-refractivity contribution in [2.45, 2.75) is 5.41 Å². The number of fused-ring (bicyclic) bond motifs is 12. The molecule has 0 bridgehead atoms. The lowest BCUT2D eigenvalue weighted by Crippen LogP contribution is -2.29. The molecule has 2 aliphatic carbocycles. The predicted molar refractivity (Wildman–Crippen MR) is 228 cm³/mol. The fourth-order valence-corrected chi connectivity index (χ4v) is 9.14. The Morgan fingerprint density at radius 2 is 0.860 bits per heavy atom. The van der Waals surface area contributed by atoms with Crippen LogP contribution in [0.25, 0.3) is 78.4 Å². The van der Waals surface area contributed by atoms with Crippen LogP contribution in [0.4, 0.5) is 0 Å². The van der Waals surface area contributed by atoms with E-state index in [-0.39, 0.29) is 0 Å². The molecule has 7 aromatic carbocycles. The van der Waals surface area contributed by atoms with Crippen LogP contribution in [-0.4, -0.2) is 15.0 Å². The van der Waals surface area contributed by atoms with Crippen molar-refractivity contribution in [3.8, 4) is 84.5 Å². The lowest BCUT2D eigenvalue weighted by atomic mass is 9.65. The van der Waals surface area contributed by atoms with Gasteiger partial charge in [-0.05, 0) is 97.1 Å². The normalized spacial score (nSPS) is 12.7. The highest BCUT2D eigenvalue weighted by Gasteiger charge is 2.49. The summed E-state index contributed by atoms with van der Waals surface area (Å²) >= 11 is 0. The minimum Gasteiger partial charge on any atom is -0.264 e. The highest BCUT2D eigenvalue weighted by atomic mass is 14.9. The standard InChI is InChI=1S/C53H32N4/c54-32-34-19-21-36(22-20-34)50-31-51(37-25-23-35(24-26-37)39-10-9-29-55-33-39)57-52(56-50)38-27-28-45-41-12-2-1-11-40(41)42-13-3-6-16-46(42)53(49(45)30-38)47-17-7-4-14-43(47)44-15-5-8-18-48(44)53/h1-31,33H. The zero-order chi connectivity index (χ0) is 37.9. The SMILES string of the molecule is N#Cc1ccc(-c2cc(-c3ccc(-c4cccnc4)cc3)nc(-c3ccc4c(c3)C3(c5ccccc5-c5ccccc5-4)c4ccccc4-c4ccccc43)n2)cc1. The topological polar surface area (TPSA) is 62.5 Å². The Kier molecular flexibility index (Phi) is 7.42. The second kappa shape index (κ2) is 12.9. The Morgan fingerprint density at radius 3 is 1.40 bits per heavy atom. The van der Waals surface area contributed by atoms with Crippen LogP contribution >= 0.6 is 0 Å². The summed E-state index contributed by atoms with van der Waals surface area (Å²) < 4.78 is 0. The van der Waals surface area contributed by atoms with E-state index >= 15 is 0 Å². The fourth-order valence-electron chi connectivity index (χ4n) is 9.14. The number of hydrogen-bond acceptors (Lipinski definition) is 4. The third-order valence-corrected chi connectivity index (χ3v) is 11.7. The molecule has 11 rings (SSSR count). The number of benzene rings is 7. The van der Waals surface area contributed by atoms with Gasteiger partial charge in [-0.3, -0.25) is 4.98 Å². The molecule has 0 saturated carbocycles. The molecular weight excluding hydrogens is 693 g/mol. The van der Waals surface area contributed by atoms with Crippen molar-refractivity contribution in [2.24, 2.45) is 0 Å². The van der Waals surface area contributed by atoms with E-state index in [0.717, 1.165) is 39.2 Å². The third kappa shape index (κ3) is 5.03. The Labute approximate surface area is 331 Å². The van der Waals surface area contributed by atoms with Gasteiger partial charge >= 0.3 is 0 Å². The monoisotopic (exact) mass is 724 g/mol. The summed E-state index contributed by atoms with van der Waals surface area (Å²) in [5.41, 5.74) is 18.9. The Bertz CT molecular complexity index is 3020. The molecule has 2 heterocycles. The van der Waals surface area contributed by atoms with E-state index < -0.39 is 5.41 Å². The smallest absolute Gasteiger partial charge is 0.160 e. The molecule has 1 spiro atoms. The van der Waals surface area contributed by atoms with E-state index in [9.17, 15) is 5.26 Å². The molecule has 0 atom stereocenters. The van der Waals surface area contributed by atoms with Crippen LogP contribution in [0.3, 0.4) is 0 Å². The van der Waals surface area contributed by atoms with E-state index in [1.165, 1.54) is 55.6 Å². The van der Waals surface area contributed by atoms with Gasteiger partial charge in [0.25, 0.3) is 0 Å². The van der Waals surface area contributed by atoms with Gasteiger partial charge in [0.15, 0.2) is 5.82 Å². The summed E-state index contributed by atoms with van der Waals surface area (Å²) in [6, 6.07) is 66.7. The molecule has 0 radical (unpaired) electrons. The van der Waals surface area contributed by atoms with Crippen molar-refractivity contribution in [1.82, 2.24) is 15.0 Å². The second-order valence-electron chi connectivity index (χ2n) is 14.7. The maximum absolute atomic E-state index is 9.56.